The van der Waals surface area contributed by atoms with E-state index >= 15 is 0 Å². The van der Waals surface area contributed by atoms with Crippen molar-refractivity contribution >= 4 is 0 Å². The molecule has 0 radical (unpaired) electrons. The average molecular weight is 364 g/mol. The minimum Gasteiger partial charge on any atom is -0.236 e. The maximum atomic E-state index is 14.1. The monoisotopic (exact) mass is 364 g/mol. The minimum atomic E-state index is -3.46. The highest BCUT2D eigenvalue weighted by atomic mass is 19.2. The quantitative estimate of drug-likeness (QED) is 0.331. The van der Waals surface area contributed by atoms with Crippen molar-refractivity contribution in [1.82, 2.24) is 0 Å². The van der Waals surface area contributed by atoms with Crippen molar-refractivity contribution in [1.29, 1.82) is 0 Å². The number of allylic oxidation sites excluding steroid dienone is 4. The van der Waals surface area contributed by atoms with E-state index in [0.29, 0.717) is 6.92 Å². The van der Waals surface area contributed by atoms with Gasteiger partial charge in [-0.25, -0.2) is 43.9 Å². The average Bonchev–Trinajstić information content (AvgIpc) is 2.58. The van der Waals surface area contributed by atoms with Crippen molar-refractivity contribution in [3.8, 4) is 0 Å². The van der Waals surface area contributed by atoms with Crippen LogP contribution in [0.15, 0.2) is 23.3 Å². The summed E-state index contributed by atoms with van der Waals surface area (Å²) in [5, 5.41) is 0. The topological polar surface area (TPSA) is 0 Å². The first kappa shape index (κ1) is 18.3. The number of halogens is 10. The van der Waals surface area contributed by atoms with Crippen molar-refractivity contribution in [2.45, 2.75) is 24.9 Å². The zero-order valence-corrected chi connectivity index (χ0v) is 11.6. The molecule has 0 bridgehead atoms. The summed E-state index contributed by atoms with van der Waals surface area (Å²) in [5.41, 5.74) is -5.38. The predicted octanol–water partition coefficient (Wildman–Crippen LogP) is 5.90. The van der Waals surface area contributed by atoms with E-state index in [9.17, 15) is 43.9 Å². The summed E-state index contributed by atoms with van der Waals surface area (Å²) in [5.74, 6) is -25.5. The first-order valence-corrected chi connectivity index (χ1v) is 6.23. The molecule has 10 heteroatoms. The van der Waals surface area contributed by atoms with Crippen LogP contribution in [0.2, 0.25) is 0 Å². The molecule has 0 aliphatic heterocycles. The smallest absolute Gasteiger partial charge is 0.200 e. The Morgan fingerprint density at radius 1 is 0.708 bits per heavy atom. The third-order valence-electron chi connectivity index (χ3n) is 3.54. The van der Waals surface area contributed by atoms with Gasteiger partial charge in [-0.05, 0) is 6.92 Å². The Bertz CT molecular complexity index is 745. The van der Waals surface area contributed by atoms with E-state index < -0.39 is 76.0 Å². The molecule has 1 aliphatic carbocycles. The van der Waals surface area contributed by atoms with E-state index in [4.69, 9.17) is 0 Å². The van der Waals surface area contributed by atoms with Crippen molar-refractivity contribution in [2.24, 2.45) is 0 Å². The third kappa shape index (κ3) is 2.57. The Hall–Kier alpha value is -2.00. The highest BCUT2D eigenvalue weighted by molar-refractivity contribution is 5.40. The van der Waals surface area contributed by atoms with E-state index in [1.165, 1.54) is 0 Å². The second kappa shape index (κ2) is 5.82. The van der Waals surface area contributed by atoms with E-state index in [2.05, 4.69) is 0 Å². The van der Waals surface area contributed by atoms with Gasteiger partial charge in [0.05, 0.1) is 0 Å². The Labute approximate surface area is 128 Å². The van der Waals surface area contributed by atoms with Crippen LogP contribution in [0, 0.1) is 29.1 Å². The summed E-state index contributed by atoms with van der Waals surface area (Å²) in [6.45, 7) is 0.298. The summed E-state index contributed by atoms with van der Waals surface area (Å²) < 4.78 is 135. The van der Waals surface area contributed by atoms with Gasteiger partial charge in [0.2, 0.25) is 5.82 Å². The maximum absolute atomic E-state index is 14.1. The van der Waals surface area contributed by atoms with Crippen LogP contribution in [0.1, 0.15) is 24.8 Å². The van der Waals surface area contributed by atoms with Crippen molar-refractivity contribution in [2.75, 3.05) is 0 Å². The van der Waals surface area contributed by atoms with Crippen molar-refractivity contribution in [3.05, 3.63) is 58.0 Å². The lowest BCUT2D eigenvalue weighted by molar-refractivity contribution is 0.168. The fourth-order valence-electron chi connectivity index (χ4n) is 2.30. The Morgan fingerprint density at radius 2 is 1.12 bits per heavy atom. The van der Waals surface area contributed by atoms with Gasteiger partial charge in [0.1, 0.15) is 5.83 Å². The lowest BCUT2D eigenvalue weighted by atomic mass is 9.86. The van der Waals surface area contributed by atoms with E-state index in [1.807, 2.05) is 0 Å². The molecule has 0 fully saturated rings. The van der Waals surface area contributed by atoms with Gasteiger partial charge in [-0.15, -0.1) is 0 Å². The molecule has 1 aromatic carbocycles. The molecule has 0 aromatic heterocycles. The summed E-state index contributed by atoms with van der Waals surface area (Å²) >= 11 is 0. The number of alkyl halides is 1. The zero-order chi connectivity index (χ0) is 18.6. The zero-order valence-electron chi connectivity index (χ0n) is 11.6. The normalized spacial score (nSPS) is 25.4. The van der Waals surface area contributed by atoms with E-state index in [-0.39, 0.29) is 0 Å². The lowest BCUT2D eigenvalue weighted by Gasteiger charge is -2.23. The summed E-state index contributed by atoms with van der Waals surface area (Å²) in [6, 6.07) is 0. The van der Waals surface area contributed by atoms with Crippen LogP contribution in [-0.4, -0.2) is 5.67 Å². The predicted molar refractivity (Wildman–Crippen MR) is 61.6 cm³/mol. The van der Waals surface area contributed by atoms with Crippen LogP contribution in [0.4, 0.5) is 43.9 Å². The first-order valence-electron chi connectivity index (χ1n) is 6.23. The number of rotatable bonds is 1. The highest BCUT2D eigenvalue weighted by Gasteiger charge is 2.45. The van der Waals surface area contributed by atoms with E-state index in [0.717, 1.165) is 0 Å². The largest absolute Gasteiger partial charge is 0.236 e. The SMILES string of the molecule is CC1(F)CC(c2c(F)c(F)c(F)c(F)c2F)C(F)=C(F)C(F)=C1F. The molecule has 1 aromatic rings. The highest BCUT2D eigenvalue weighted by Crippen LogP contribution is 2.48. The van der Waals surface area contributed by atoms with Gasteiger partial charge in [0.15, 0.2) is 46.4 Å². The lowest BCUT2D eigenvalue weighted by Crippen LogP contribution is -2.24. The molecule has 0 heterocycles. The molecule has 0 saturated carbocycles. The number of benzene rings is 1. The molecule has 2 rings (SSSR count). The second-order valence-electron chi connectivity index (χ2n) is 5.23. The molecule has 132 valence electrons. The van der Waals surface area contributed by atoms with Gasteiger partial charge in [0, 0.05) is 17.9 Å². The van der Waals surface area contributed by atoms with Crippen LogP contribution in [0.25, 0.3) is 0 Å². The molecule has 1 aliphatic rings. The van der Waals surface area contributed by atoms with Crippen molar-refractivity contribution < 1.29 is 43.9 Å². The van der Waals surface area contributed by atoms with Gasteiger partial charge < -0.3 is 0 Å². The molecular weight excluding hydrogens is 358 g/mol. The van der Waals surface area contributed by atoms with Crippen molar-refractivity contribution in [3.63, 3.8) is 0 Å². The fraction of sp³-hybridized carbons (Fsp3) is 0.286. The van der Waals surface area contributed by atoms with Gasteiger partial charge in [-0.2, -0.15) is 0 Å². The molecule has 0 spiro atoms. The Morgan fingerprint density at radius 3 is 1.58 bits per heavy atom. The molecule has 0 nitrogen and oxygen atoms in total. The fourth-order valence-corrected chi connectivity index (χ4v) is 2.30. The van der Waals surface area contributed by atoms with Gasteiger partial charge in [-0.1, -0.05) is 0 Å². The summed E-state index contributed by atoms with van der Waals surface area (Å²) in [7, 11) is 0. The molecular formula is C14H6F10. The minimum absolute atomic E-state index is 0.298. The number of hydrogen-bond donors (Lipinski definition) is 0. The first-order chi connectivity index (χ1) is 10.9. The van der Waals surface area contributed by atoms with Crippen LogP contribution >= 0.6 is 0 Å². The molecule has 0 N–H and O–H groups in total. The van der Waals surface area contributed by atoms with E-state index in [1.54, 1.807) is 0 Å². The second-order valence-corrected chi connectivity index (χ2v) is 5.23. The van der Waals surface area contributed by atoms with Gasteiger partial charge in [0.25, 0.3) is 0 Å². The van der Waals surface area contributed by atoms with Crippen LogP contribution in [-0.2, 0) is 0 Å². The summed E-state index contributed by atoms with van der Waals surface area (Å²) in [6.07, 6.45) is -1.64. The summed E-state index contributed by atoms with van der Waals surface area (Å²) in [4.78, 5) is 0. The standard InChI is InChI=1S/C14H6F10/c1-14(24)2-3(5(15)8(18)12(22)13(14)23)4-6(16)9(19)11(21)10(20)7(4)17/h3H,2H2,1H3. The van der Waals surface area contributed by atoms with Crippen LogP contribution < -0.4 is 0 Å². The van der Waals surface area contributed by atoms with Gasteiger partial charge in [-0.3, -0.25) is 0 Å². The van der Waals surface area contributed by atoms with Gasteiger partial charge >= 0.3 is 0 Å². The molecule has 0 saturated heterocycles. The molecule has 2 atom stereocenters. The molecule has 2 unspecified atom stereocenters. The maximum Gasteiger partial charge on any atom is 0.200 e. The van der Waals surface area contributed by atoms with Crippen LogP contribution in [0.5, 0.6) is 0 Å². The molecule has 24 heavy (non-hydrogen) atoms. The third-order valence-corrected chi connectivity index (χ3v) is 3.54. The van der Waals surface area contributed by atoms with Crippen LogP contribution in [0.3, 0.4) is 0 Å². The number of hydrogen-bond acceptors (Lipinski definition) is 0. The molecule has 0 amide bonds. The Balaban J connectivity index is 2.79. The Kier molecular flexibility index (Phi) is 4.45.